The minimum atomic E-state index is -0.829. The number of rotatable bonds is 7. The number of hydrogen-bond donors (Lipinski definition) is 1. The Morgan fingerprint density at radius 2 is 1.83 bits per heavy atom. The zero-order valence-corrected chi connectivity index (χ0v) is 20.8. The topological polar surface area (TPSA) is 63.6 Å². The van der Waals surface area contributed by atoms with Gasteiger partial charge in [0.25, 0.3) is 5.91 Å². The highest BCUT2D eigenvalue weighted by Crippen LogP contribution is 2.34. The van der Waals surface area contributed by atoms with Crippen LogP contribution in [0.3, 0.4) is 0 Å². The molecule has 1 aliphatic carbocycles. The fourth-order valence-corrected chi connectivity index (χ4v) is 5.77. The number of carbonyl (C=O) groups excluding carboxylic acids is 2. The normalized spacial score (nSPS) is 14.7. The van der Waals surface area contributed by atoms with Crippen LogP contribution in [0.1, 0.15) is 47.8 Å². The van der Waals surface area contributed by atoms with E-state index in [9.17, 15) is 9.59 Å². The van der Waals surface area contributed by atoms with Crippen molar-refractivity contribution in [3.8, 4) is 5.75 Å². The van der Waals surface area contributed by atoms with Gasteiger partial charge in [0, 0.05) is 24.8 Å². The van der Waals surface area contributed by atoms with Gasteiger partial charge in [0.15, 0.2) is 0 Å². The summed E-state index contributed by atoms with van der Waals surface area (Å²) >= 11 is 1.59. The molecule has 6 nitrogen and oxygen atoms in total. The summed E-state index contributed by atoms with van der Waals surface area (Å²) in [6.07, 6.45) is 4.15. The highest BCUT2D eigenvalue weighted by atomic mass is 32.1. The van der Waals surface area contributed by atoms with Gasteiger partial charge in [-0.3, -0.25) is 14.5 Å². The molecule has 2 heterocycles. The third-order valence-electron chi connectivity index (χ3n) is 6.76. The maximum absolute atomic E-state index is 14.3. The van der Waals surface area contributed by atoms with Crippen LogP contribution in [0.4, 0.5) is 5.69 Å². The monoisotopic (exact) mass is 487 g/mol. The quantitative estimate of drug-likeness (QED) is 0.364. The first-order valence-corrected chi connectivity index (χ1v) is 12.8. The second kappa shape index (κ2) is 9.96. The van der Waals surface area contributed by atoms with Crippen LogP contribution in [0, 0.1) is 0 Å². The Hall–Kier alpha value is -3.58. The van der Waals surface area contributed by atoms with E-state index < -0.39 is 6.04 Å². The van der Waals surface area contributed by atoms with Crippen molar-refractivity contribution >= 4 is 39.1 Å². The van der Waals surface area contributed by atoms with Crippen LogP contribution >= 0.6 is 11.3 Å². The Kier molecular flexibility index (Phi) is 6.59. The summed E-state index contributed by atoms with van der Waals surface area (Å²) in [5, 5.41) is 5.24. The van der Waals surface area contributed by atoms with Crippen molar-refractivity contribution in [3.63, 3.8) is 0 Å². The largest absolute Gasteiger partial charge is 0.497 e. The van der Waals surface area contributed by atoms with Gasteiger partial charge in [-0.15, -0.1) is 11.3 Å². The van der Waals surface area contributed by atoms with Crippen molar-refractivity contribution in [1.82, 2.24) is 9.88 Å². The summed E-state index contributed by atoms with van der Waals surface area (Å²) in [6.45, 7) is 0. The highest BCUT2D eigenvalue weighted by molar-refractivity contribution is 7.17. The fraction of sp³-hybridized carbons (Fsp3) is 0.286. The van der Waals surface area contributed by atoms with Crippen LogP contribution < -0.4 is 15.0 Å². The van der Waals surface area contributed by atoms with E-state index in [4.69, 9.17) is 4.74 Å². The van der Waals surface area contributed by atoms with E-state index in [1.54, 1.807) is 23.3 Å². The fourth-order valence-electron chi connectivity index (χ4n) is 4.93. The molecule has 2 amide bonds. The van der Waals surface area contributed by atoms with Crippen molar-refractivity contribution in [1.29, 1.82) is 0 Å². The van der Waals surface area contributed by atoms with Crippen molar-refractivity contribution in [2.45, 2.75) is 37.8 Å². The van der Waals surface area contributed by atoms with Gasteiger partial charge >= 0.3 is 0 Å². The van der Waals surface area contributed by atoms with E-state index in [0.717, 1.165) is 41.5 Å². The number of methoxy groups -OCH3 is 1. The number of nitrogens with one attached hydrogen (secondary N) is 1. The molecule has 1 aliphatic rings. The summed E-state index contributed by atoms with van der Waals surface area (Å²) in [4.78, 5) is 29.8. The number of hydrogen-bond acceptors (Lipinski definition) is 4. The van der Waals surface area contributed by atoms with E-state index >= 15 is 0 Å². The maximum Gasteiger partial charge on any atom is 0.275 e. The average Bonchev–Trinajstić information content (AvgIpc) is 3.62. The maximum atomic E-state index is 14.3. The predicted molar refractivity (Wildman–Crippen MR) is 140 cm³/mol. The molecule has 7 heteroatoms. The van der Waals surface area contributed by atoms with Gasteiger partial charge in [-0.1, -0.05) is 49.2 Å². The van der Waals surface area contributed by atoms with Gasteiger partial charge in [-0.05, 0) is 48.1 Å². The first-order chi connectivity index (χ1) is 17.1. The number of amides is 2. The molecular formula is C28H29N3O3S. The van der Waals surface area contributed by atoms with E-state index in [1.807, 2.05) is 83.7 Å². The number of anilines is 1. The molecule has 1 saturated carbocycles. The van der Waals surface area contributed by atoms with Crippen LogP contribution in [-0.4, -0.2) is 29.5 Å². The Morgan fingerprint density at radius 3 is 2.54 bits per heavy atom. The molecule has 5 rings (SSSR count). The Morgan fingerprint density at radius 1 is 1.06 bits per heavy atom. The predicted octanol–water partition coefficient (Wildman–Crippen LogP) is 5.70. The lowest BCUT2D eigenvalue weighted by Gasteiger charge is -2.32. The second-order valence-corrected chi connectivity index (χ2v) is 9.89. The molecule has 1 unspecified atom stereocenters. The summed E-state index contributed by atoms with van der Waals surface area (Å²) in [7, 11) is 3.49. The number of ether oxygens (including phenoxy) is 1. The van der Waals surface area contributed by atoms with Crippen LogP contribution in [-0.2, 0) is 11.8 Å². The highest BCUT2D eigenvalue weighted by Gasteiger charge is 2.36. The number of nitrogens with zero attached hydrogens (tertiary/aromatic N) is 2. The Labute approximate surface area is 209 Å². The average molecular weight is 488 g/mol. The van der Waals surface area contributed by atoms with Gasteiger partial charge in [0.2, 0.25) is 5.91 Å². The van der Waals surface area contributed by atoms with Crippen molar-refractivity contribution in [2.24, 2.45) is 7.05 Å². The minimum Gasteiger partial charge on any atom is -0.497 e. The smallest absolute Gasteiger partial charge is 0.275 e. The van der Waals surface area contributed by atoms with Crippen LogP contribution in [0.2, 0.25) is 0 Å². The van der Waals surface area contributed by atoms with E-state index in [-0.39, 0.29) is 17.9 Å². The molecule has 2 aromatic heterocycles. The van der Waals surface area contributed by atoms with Gasteiger partial charge < -0.3 is 14.6 Å². The van der Waals surface area contributed by atoms with Crippen LogP contribution in [0.15, 0.2) is 72.1 Å². The van der Waals surface area contributed by atoms with Crippen LogP contribution in [0.25, 0.3) is 10.2 Å². The summed E-state index contributed by atoms with van der Waals surface area (Å²) in [5.74, 6) is 0.214. The third-order valence-corrected chi connectivity index (χ3v) is 7.61. The molecule has 0 bridgehead atoms. The first-order valence-electron chi connectivity index (χ1n) is 11.9. The molecule has 0 saturated heterocycles. The van der Waals surface area contributed by atoms with E-state index in [1.165, 1.54) is 0 Å². The lowest BCUT2D eigenvalue weighted by atomic mass is 10.0. The number of carbonyl (C=O) groups is 2. The van der Waals surface area contributed by atoms with Crippen LogP contribution in [0.5, 0.6) is 5.75 Å². The van der Waals surface area contributed by atoms with Gasteiger partial charge in [-0.25, -0.2) is 0 Å². The number of aromatic nitrogens is 1. The van der Waals surface area contributed by atoms with E-state index in [2.05, 4.69) is 5.32 Å². The van der Waals surface area contributed by atoms with Crippen molar-refractivity contribution in [2.75, 3.05) is 12.0 Å². The third kappa shape index (κ3) is 4.56. The molecule has 4 aromatic rings. The van der Waals surface area contributed by atoms with Gasteiger partial charge in [0.1, 0.15) is 17.5 Å². The molecule has 2 aromatic carbocycles. The molecule has 1 fully saturated rings. The standard InChI is InChI=1S/C28H29N3O3S/c1-30-23-15-16-35-25(23)18-24(30)28(33)31(21-13-8-14-22(17-21)34-2)26(19-9-4-3-5-10-19)27(32)29-20-11-6-7-12-20/h3-5,8-10,13-18,20,26H,6-7,11-12H2,1-2H3,(H,29,32). The first kappa shape index (κ1) is 23.2. The molecule has 180 valence electrons. The number of fused-ring (bicyclic) bond motifs is 1. The zero-order valence-electron chi connectivity index (χ0n) is 19.9. The number of benzene rings is 2. The molecule has 0 radical (unpaired) electrons. The molecule has 0 spiro atoms. The second-order valence-electron chi connectivity index (χ2n) is 8.94. The minimum absolute atomic E-state index is 0.136. The zero-order chi connectivity index (χ0) is 24.4. The number of aryl methyl sites for hydroxylation is 1. The van der Waals surface area contributed by atoms with Crippen molar-refractivity contribution < 1.29 is 14.3 Å². The van der Waals surface area contributed by atoms with Crippen molar-refractivity contribution in [3.05, 3.63) is 83.4 Å². The number of thiophene rings is 1. The van der Waals surface area contributed by atoms with Gasteiger partial charge in [0.05, 0.1) is 17.3 Å². The lowest BCUT2D eigenvalue weighted by Crippen LogP contribution is -2.46. The lowest BCUT2D eigenvalue weighted by molar-refractivity contribution is -0.123. The summed E-state index contributed by atoms with van der Waals surface area (Å²) < 4.78 is 8.40. The molecular weight excluding hydrogens is 458 g/mol. The molecule has 0 aliphatic heterocycles. The molecule has 1 atom stereocenters. The Bertz CT molecular complexity index is 1340. The van der Waals surface area contributed by atoms with Gasteiger partial charge in [-0.2, -0.15) is 0 Å². The Balaban J connectivity index is 1.64. The molecule has 1 N–H and O–H groups in total. The summed E-state index contributed by atoms with van der Waals surface area (Å²) in [5.41, 5.74) is 2.89. The SMILES string of the molecule is COc1cccc(N(C(=O)c2cc3sccc3n2C)C(C(=O)NC2CCCC2)c2ccccc2)c1. The summed E-state index contributed by atoms with van der Waals surface area (Å²) in [6, 6.07) is 20.1. The molecule has 35 heavy (non-hydrogen) atoms. The van der Waals surface area contributed by atoms with E-state index in [0.29, 0.717) is 17.1 Å².